The van der Waals surface area contributed by atoms with Gasteiger partial charge in [-0.05, 0) is 50.6 Å². The van der Waals surface area contributed by atoms with Crippen LogP contribution in [0.25, 0.3) is 0 Å². The van der Waals surface area contributed by atoms with Gasteiger partial charge in [0.05, 0.1) is 12.3 Å². The zero-order valence-electron chi connectivity index (χ0n) is 11.2. The van der Waals surface area contributed by atoms with Gasteiger partial charge in [0, 0.05) is 6.54 Å². The third-order valence-corrected chi connectivity index (χ3v) is 4.93. The first-order valence-electron chi connectivity index (χ1n) is 6.98. The van der Waals surface area contributed by atoms with Crippen LogP contribution in [0.4, 0.5) is 0 Å². The summed E-state index contributed by atoms with van der Waals surface area (Å²) in [6, 6.07) is 0. The molecule has 2 aliphatic rings. The molecule has 104 valence electrons. The Kier molecular flexibility index (Phi) is 3.54. The molecule has 0 aromatic carbocycles. The van der Waals surface area contributed by atoms with Gasteiger partial charge < -0.3 is 9.64 Å². The topological polar surface area (TPSA) is 55.3 Å². The summed E-state index contributed by atoms with van der Waals surface area (Å²) in [5, 5.41) is 3.95. The van der Waals surface area contributed by atoms with Gasteiger partial charge in [-0.3, -0.25) is 4.79 Å². The van der Waals surface area contributed by atoms with E-state index in [0.29, 0.717) is 4.88 Å². The second kappa shape index (κ2) is 5.17. The molecule has 1 aromatic heterocycles. The lowest BCUT2D eigenvalue weighted by atomic mass is 9.89. The molecule has 1 aromatic rings. The van der Waals surface area contributed by atoms with Crippen LogP contribution in [0.15, 0.2) is 0 Å². The van der Waals surface area contributed by atoms with Gasteiger partial charge in [-0.2, -0.15) is 0 Å². The zero-order chi connectivity index (χ0) is 13.3. The Hall–Kier alpha value is -1.01. The van der Waals surface area contributed by atoms with E-state index in [9.17, 15) is 4.79 Å². The highest BCUT2D eigenvalue weighted by molar-refractivity contribution is 7.07. The molecule has 2 fully saturated rings. The van der Waals surface area contributed by atoms with Crippen molar-refractivity contribution in [3.63, 3.8) is 0 Å². The van der Waals surface area contributed by atoms with Crippen LogP contribution in [0.3, 0.4) is 0 Å². The lowest BCUT2D eigenvalue weighted by molar-refractivity contribution is -0.182. The van der Waals surface area contributed by atoms with Crippen LogP contribution in [-0.4, -0.2) is 39.3 Å². The van der Waals surface area contributed by atoms with Crippen LogP contribution in [-0.2, 0) is 4.74 Å². The molecule has 6 heteroatoms. The van der Waals surface area contributed by atoms with Crippen molar-refractivity contribution in [2.24, 2.45) is 0 Å². The fourth-order valence-electron chi connectivity index (χ4n) is 3.12. The number of hydrogen-bond donors (Lipinski definition) is 0. The quantitative estimate of drug-likeness (QED) is 0.793. The summed E-state index contributed by atoms with van der Waals surface area (Å²) in [6.07, 6.45) is 6.37. The number of ether oxygens (including phenoxy) is 1. The van der Waals surface area contributed by atoms with Gasteiger partial charge in [-0.15, -0.1) is 5.10 Å². The molecule has 1 amide bonds. The molecule has 1 saturated carbocycles. The Balaban J connectivity index is 1.88. The van der Waals surface area contributed by atoms with Gasteiger partial charge in [0.25, 0.3) is 5.91 Å². The second-order valence-corrected chi connectivity index (χ2v) is 6.11. The second-order valence-electron chi connectivity index (χ2n) is 5.35. The number of rotatable bonds is 1. The molecular weight excluding hydrogens is 262 g/mol. The van der Waals surface area contributed by atoms with E-state index in [4.69, 9.17) is 4.74 Å². The van der Waals surface area contributed by atoms with E-state index < -0.39 is 0 Å². The summed E-state index contributed by atoms with van der Waals surface area (Å²) >= 11 is 1.19. The number of nitrogens with zero attached hydrogens (tertiary/aromatic N) is 3. The maximum Gasteiger partial charge on any atom is 0.269 e. The molecule has 1 spiro atoms. The predicted octanol–water partition coefficient (Wildman–Crippen LogP) is 2.37. The van der Waals surface area contributed by atoms with Crippen molar-refractivity contribution in [1.82, 2.24) is 14.5 Å². The van der Waals surface area contributed by atoms with Crippen LogP contribution < -0.4 is 0 Å². The lowest BCUT2D eigenvalue weighted by Crippen LogP contribution is -2.58. The lowest BCUT2D eigenvalue weighted by Gasteiger charge is -2.48. The Morgan fingerprint density at radius 3 is 2.79 bits per heavy atom. The Bertz CT molecular complexity index is 460. The molecule has 0 bridgehead atoms. The summed E-state index contributed by atoms with van der Waals surface area (Å²) in [7, 11) is 0. The smallest absolute Gasteiger partial charge is 0.269 e. The van der Waals surface area contributed by atoms with Crippen molar-refractivity contribution in [2.75, 3.05) is 13.2 Å². The van der Waals surface area contributed by atoms with Gasteiger partial charge >= 0.3 is 0 Å². The van der Waals surface area contributed by atoms with Gasteiger partial charge in [0.2, 0.25) is 0 Å². The summed E-state index contributed by atoms with van der Waals surface area (Å²) in [6.45, 7) is 3.40. The summed E-state index contributed by atoms with van der Waals surface area (Å²) in [4.78, 5) is 15.3. The maximum absolute atomic E-state index is 12.7. The molecule has 19 heavy (non-hydrogen) atoms. The van der Waals surface area contributed by atoms with E-state index in [1.807, 2.05) is 11.8 Å². The van der Waals surface area contributed by atoms with Crippen LogP contribution in [0.5, 0.6) is 0 Å². The highest BCUT2D eigenvalue weighted by Gasteiger charge is 2.44. The number of aryl methyl sites for hydroxylation is 1. The molecule has 1 aliphatic carbocycles. The van der Waals surface area contributed by atoms with Crippen LogP contribution in [0.2, 0.25) is 0 Å². The predicted molar refractivity (Wildman–Crippen MR) is 72.1 cm³/mol. The van der Waals surface area contributed by atoms with Crippen molar-refractivity contribution in [1.29, 1.82) is 0 Å². The van der Waals surface area contributed by atoms with Crippen LogP contribution in [0.1, 0.15) is 53.9 Å². The Morgan fingerprint density at radius 1 is 1.32 bits per heavy atom. The first kappa shape index (κ1) is 13.0. The van der Waals surface area contributed by atoms with E-state index >= 15 is 0 Å². The van der Waals surface area contributed by atoms with Crippen LogP contribution >= 0.6 is 11.5 Å². The fraction of sp³-hybridized carbons (Fsp3) is 0.769. The number of carbonyl (C=O) groups excluding carboxylic acids is 1. The highest BCUT2D eigenvalue weighted by atomic mass is 32.1. The third kappa shape index (κ3) is 2.27. The molecule has 0 radical (unpaired) electrons. The number of carbonyl (C=O) groups is 1. The van der Waals surface area contributed by atoms with Gasteiger partial charge in [-0.25, -0.2) is 0 Å². The monoisotopic (exact) mass is 281 g/mol. The molecule has 2 heterocycles. The molecule has 3 rings (SSSR count). The first-order valence-corrected chi connectivity index (χ1v) is 7.75. The average Bonchev–Trinajstić information content (AvgIpc) is 2.86. The van der Waals surface area contributed by atoms with E-state index in [1.165, 1.54) is 18.0 Å². The number of amides is 1. The molecular formula is C13H19N3O2S. The average molecular weight is 281 g/mol. The van der Waals surface area contributed by atoms with Gasteiger partial charge in [-0.1, -0.05) is 10.9 Å². The van der Waals surface area contributed by atoms with Crippen molar-refractivity contribution in [2.45, 2.75) is 51.2 Å². The molecule has 5 nitrogen and oxygen atoms in total. The maximum atomic E-state index is 12.7. The summed E-state index contributed by atoms with van der Waals surface area (Å²) in [5.41, 5.74) is 0.371. The fourth-order valence-corrected chi connectivity index (χ4v) is 3.73. The van der Waals surface area contributed by atoms with Crippen molar-refractivity contribution < 1.29 is 9.53 Å². The Morgan fingerprint density at radius 2 is 2.11 bits per heavy atom. The molecule has 1 saturated heterocycles. The van der Waals surface area contributed by atoms with E-state index in [0.717, 1.165) is 50.9 Å². The summed E-state index contributed by atoms with van der Waals surface area (Å²) < 4.78 is 9.92. The van der Waals surface area contributed by atoms with E-state index in [2.05, 4.69) is 9.59 Å². The minimum atomic E-state index is -0.357. The number of hydrogen-bond acceptors (Lipinski definition) is 5. The molecule has 0 unspecified atom stereocenters. The highest BCUT2D eigenvalue weighted by Crippen LogP contribution is 2.38. The standard InChI is InChI=1S/C13H19N3O2S/c1-10-11(19-15-14-10)12(17)16-8-5-9-18-13(16)6-3-2-4-7-13/h2-9H2,1H3. The number of aromatic nitrogens is 2. The minimum Gasteiger partial charge on any atom is -0.355 e. The van der Waals surface area contributed by atoms with E-state index in [1.54, 1.807) is 0 Å². The Labute approximate surface area is 117 Å². The van der Waals surface area contributed by atoms with Crippen molar-refractivity contribution in [3.05, 3.63) is 10.6 Å². The van der Waals surface area contributed by atoms with E-state index in [-0.39, 0.29) is 11.6 Å². The summed E-state index contributed by atoms with van der Waals surface area (Å²) in [5.74, 6) is 0.0501. The zero-order valence-corrected chi connectivity index (χ0v) is 12.0. The largest absolute Gasteiger partial charge is 0.355 e. The molecule has 0 N–H and O–H groups in total. The molecule has 0 atom stereocenters. The minimum absolute atomic E-state index is 0.0501. The normalized spacial score (nSPS) is 22.7. The van der Waals surface area contributed by atoms with Gasteiger partial charge in [0.1, 0.15) is 10.6 Å². The SMILES string of the molecule is Cc1nnsc1C(=O)N1CCCOC12CCCCC2. The third-order valence-electron chi connectivity index (χ3n) is 4.11. The van der Waals surface area contributed by atoms with Crippen molar-refractivity contribution >= 4 is 17.4 Å². The van der Waals surface area contributed by atoms with Crippen molar-refractivity contribution in [3.8, 4) is 0 Å². The molecule has 1 aliphatic heterocycles. The first-order chi connectivity index (χ1) is 9.23. The van der Waals surface area contributed by atoms with Gasteiger partial charge in [0.15, 0.2) is 0 Å². The van der Waals surface area contributed by atoms with Crippen LogP contribution in [0, 0.1) is 6.92 Å².